The number of sulfonamides is 1. The average molecular weight is 284 g/mol. The number of phenols is 1. The van der Waals surface area contributed by atoms with Gasteiger partial charge in [-0.25, -0.2) is 8.42 Å². The molecule has 1 aliphatic heterocycles. The molecule has 0 aromatic heterocycles. The van der Waals surface area contributed by atoms with E-state index < -0.39 is 10.0 Å². The topological polar surface area (TPSA) is 60.9 Å². The highest BCUT2D eigenvalue weighted by Crippen LogP contribution is 2.24. The van der Waals surface area contributed by atoms with Crippen LogP contribution in [0.15, 0.2) is 29.2 Å². The number of benzene rings is 1. The third-order valence-electron chi connectivity index (χ3n) is 3.78. The normalized spacial score (nSPS) is 26.5. The van der Waals surface area contributed by atoms with Crippen molar-refractivity contribution < 1.29 is 13.5 Å². The number of nitrogens with zero attached hydrogens (tertiary/aromatic N) is 2. The number of hydrogen-bond donors (Lipinski definition) is 1. The van der Waals surface area contributed by atoms with Gasteiger partial charge in [0.2, 0.25) is 10.0 Å². The van der Waals surface area contributed by atoms with Gasteiger partial charge in [-0.05, 0) is 39.1 Å². The van der Waals surface area contributed by atoms with Crippen molar-refractivity contribution in [3.05, 3.63) is 24.3 Å². The van der Waals surface area contributed by atoms with Crippen molar-refractivity contribution >= 4 is 10.0 Å². The van der Waals surface area contributed by atoms with Crippen molar-refractivity contribution in [3.8, 4) is 5.75 Å². The first kappa shape index (κ1) is 14.3. The Hall–Kier alpha value is -1.11. The number of rotatable bonds is 2. The van der Waals surface area contributed by atoms with Gasteiger partial charge in [-0.3, -0.25) is 4.90 Å². The maximum absolute atomic E-state index is 12.5. The lowest BCUT2D eigenvalue weighted by Gasteiger charge is -2.41. The zero-order chi connectivity index (χ0) is 14.2. The highest BCUT2D eigenvalue weighted by atomic mass is 32.2. The second-order valence-electron chi connectivity index (χ2n) is 5.18. The quantitative estimate of drug-likeness (QED) is 0.883. The Morgan fingerprint density at radius 1 is 1.21 bits per heavy atom. The van der Waals surface area contributed by atoms with Crippen LogP contribution in [0.2, 0.25) is 0 Å². The molecule has 1 aromatic carbocycles. The minimum atomic E-state index is -3.53. The van der Waals surface area contributed by atoms with E-state index in [-0.39, 0.29) is 22.7 Å². The van der Waals surface area contributed by atoms with Gasteiger partial charge in [-0.15, -0.1) is 0 Å². The van der Waals surface area contributed by atoms with Crippen LogP contribution >= 0.6 is 0 Å². The van der Waals surface area contributed by atoms with Gasteiger partial charge in [-0.2, -0.15) is 4.31 Å². The summed E-state index contributed by atoms with van der Waals surface area (Å²) in [5, 5.41) is 9.43. The van der Waals surface area contributed by atoms with Crippen LogP contribution in [0.1, 0.15) is 13.8 Å². The Labute approximate surface area is 114 Å². The molecule has 1 aromatic rings. The molecule has 2 rings (SSSR count). The zero-order valence-corrected chi connectivity index (χ0v) is 12.3. The second kappa shape index (κ2) is 5.11. The molecule has 1 fully saturated rings. The van der Waals surface area contributed by atoms with Crippen LogP contribution in [0.4, 0.5) is 0 Å². The Morgan fingerprint density at radius 3 is 2.32 bits per heavy atom. The van der Waals surface area contributed by atoms with Gasteiger partial charge in [0.15, 0.2) is 0 Å². The standard InChI is InChI=1S/C13H20N2O3S/c1-10-8-15(9-11(2)14(10)3)19(17,18)13-6-4-5-12(16)7-13/h4-7,10-11,16H,8-9H2,1-3H3. The van der Waals surface area contributed by atoms with Crippen molar-refractivity contribution in [1.82, 2.24) is 9.21 Å². The molecule has 2 unspecified atom stereocenters. The maximum atomic E-state index is 12.5. The molecule has 1 N–H and O–H groups in total. The second-order valence-corrected chi connectivity index (χ2v) is 7.12. The molecule has 0 amide bonds. The molecule has 2 atom stereocenters. The highest BCUT2D eigenvalue weighted by molar-refractivity contribution is 7.89. The van der Waals surface area contributed by atoms with Crippen molar-refractivity contribution in [2.45, 2.75) is 30.8 Å². The fraction of sp³-hybridized carbons (Fsp3) is 0.538. The molecule has 0 spiro atoms. The largest absolute Gasteiger partial charge is 0.508 e. The fourth-order valence-corrected chi connectivity index (χ4v) is 3.99. The molecule has 0 radical (unpaired) electrons. The first-order valence-electron chi connectivity index (χ1n) is 6.33. The van der Waals surface area contributed by atoms with Crippen LogP contribution in [0.3, 0.4) is 0 Å². The summed E-state index contributed by atoms with van der Waals surface area (Å²) in [4.78, 5) is 2.32. The summed E-state index contributed by atoms with van der Waals surface area (Å²) >= 11 is 0. The minimum absolute atomic E-state index is 0.0312. The third kappa shape index (κ3) is 2.75. The number of piperazine rings is 1. The summed E-state index contributed by atoms with van der Waals surface area (Å²) < 4.78 is 26.6. The summed E-state index contributed by atoms with van der Waals surface area (Å²) in [7, 11) is -1.52. The summed E-state index contributed by atoms with van der Waals surface area (Å²) in [5.41, 5.74) is 0. The zero-order valence-electron chi connectivity index (χ0n) is 11.4. The lowest BCUT2D eigenvalue weighted by molar-refractivity contribution is 0.105. The van der Waals surface area contributed by atoms with Crippen LogP contribution in [-0.2, 0) is 10.0 Å². The molecular formula is C13H20N2O3S. The SMILES string of the molecule is CC1CN(S(=O)(=O)c2cccc(O)c2)CC(C)N1C. The van der Waals surface area contributed by atoms with E-state index in [1.807, 2.05) is 20.9 Å². The molecule has 19 heavy (non-hydrogen) atoms. The van der Waals surface area contributed by atoms with Gasteiger partial charge in [0.25, 0.3) is 0 Å². The molecule has 0 aliphatic carbocycles. The van der Waals surface area contributed by atoms with Crippen molar-refractivity contribution in [3.63, 3.8) is 0 Å². The van der Waals surface area contributed by atoms with Crippen molar-refractivity contribution in [2.75, 3.05) is 20.1 Å². The van der Waals surface area contributed by atoms with Gasteiger partial charge in [0.1, 0.15) is 5.75 Å². The van der Waals surface area contributed by atoms with Gasteiger partial charge in [0, 0.05) is 25.2 Å². The van der Waals surface area contributed by atoms with Crippen LogP contribution < -0.4 is 0 Å². The lowest BCUT2D eigenvalue weighted by Crippen LogP contribution is -2.56. The van der Waals surface area contributed by atoms with Crippen LogP contribution in [0, 0.1) is 0 Å². The molecule has 6 heteroatoms. The van der Waals surface area contributed by atoms with Crippen molar-refractivity contribution in [2.24, 2.45) is 0 Å². The van der Waals surface area contributed by atoms with E-state index in [1.54, 1.807) is 6.07 Å². The third-order valence-corrected chi connectivity index (χ3v) is 5.61. The molecule has 1 saturated heterocycles. The van der Waals surface area contributed by atoms with Crippen molar-refractivity contribution in [1.29, 1.82) is 0 Å². The minimum Gasteiger partial charge on any atom is -0.508 e. The van der Waals surface area contributed by atoms with Crippen LogP contribution in [-0.4, -0.2) is 55.0 Å². The van der Waals surface area contributed by atoms with Gasteiger partial charge < -0.3 is 5.11 Å². The number of phenolic OH excluding ortho intramolecular Hbond substituents is 1. The Kier molecular flexibility index (Phi) is 3.85. The maximum Gasteiger partial charge on any atom is 0.243 e. The predicted molar refractivity (Wildman–Crippen MR) is 73.6 cm³/mol. The van der Waals surface area contributed by atoms with E-state index >= 15 is 0 Å². The Morgan fingerprint density at radius 2 is 1.79 bits per heavy atom. The average Bonchev–Trinajstić information content (AvgIpc) is 2.35. The van der Waals surface area contributed by atoms with Gasteiger partial charge in [-0.1, -0.05) is 6.07 Å². The van der Waals surface area contributed by atoms with E-state index in [1.165, 1.54) is 22.5 Å². The fourth-order valence-electron chi connectivity index (χ4n) is 2.35. The highest BCUT2D eigenvalue weighted by Gasteiger charge is 2.34. The van der Waals surface area contributed by atoms with E-state index in [0.29, 0.717) is 13.1 Å². The monoisotopic (exact) mass is 284 g/mol. The summed E-state index contributed by atoms with van der Waals surface area (Å²) in [6.45, 7) is 4.97. The summed E-state index contributed by atoms with van der Waals surface area (Å²) in [6, 6.07) is 6.18. The molecular weight excluding hydrogens is 264 g/mol. The lowest BCUT2D eigenvalue weighted by atomic mass is 10.1. The van der Waals surface area contributed by atoms with E-state index in [9.17, 15) is 13.5 Å². The van der Waals surface area contributed by atoms with Crippen LogP contribution in [0.25, 0.3) is 0 Å². The van der Waals surface area contributed by atoms with Crippen LogP contribution in [0.5, 0.6) is 5.75 Å². The summed E-state index contributed by atoms with van der Waals surface area (Å²) in [6.07, 6.45) is 0. The molecule has 106 valence electrons. The van der Waals surface area contributed by atoms with Gasteiger partial charge >= 0.3 is 0 Å². The first-order valence-corrected chi connectivity index (χ1v) is 7.77. The van der Waals surface area contributed by atoms with E-state index in [4.69, 9.17) is 0 Å². The smallest absolute Gasteiger partial charge is 0.243 e. The molecule has 1 heterocycles. The number of hydrogen-bond acceptors (Lipinski definition) is 4. The molecule has 5 nitrogen and oxygen atoms in total. The molecule has 0 saturated carbocycles. The van der Waals surface area contributed by atoms with E-state index in [2.05, 4.69) is 4.90 Å². The summed E-state index contributed by atoms with van der Waals surface area (Å²) in [5.74, 6) is -0.0312. The molecule has 0 bridgehead atoms. The Balaban J connectivity index is 2.30. The first-order chi connectivity index (χ1) is 8.82. The van der Waals surface area contributed by atoms with Gasteiger partial charge in [0.05, 0.1) is 4.90 Å². The number of likely N-dealkylation sites (N-methyl/N-ethyl adjacent to an activating group) is 1. The molecule has 1 aliphatic rings. The van der Waals surface area contributed by atoms with E-state index in [0.717, 1.165) is 0 Å². The number of aromatic hydroxyl groups is 1. The Bertz CT molecular complexity index is 547. The predicted octanol–water partition coefficient (Wildman–Crippen LogP) is 1.11.